The van der Waals surface area contributed by atoms with Gasteiger partial charge in [-0.25, -0.2) is 12.7 Å². The van der Waals surface area contributed by atoms with Crippen LogP contribution >= 0.6 is 27.5 Å². The van der Waals surface area contributed by atoms with Gasteiger partial charge in [-0.3, -0.25) is 0 Å². The van der Waals surface area contributed by atoms with E-state index in [9.17, 15) is 8.42 Å². The lowest BCUT2D eigenvalue weighted by atomic mass is 9.77. The molecule has 2 N–H and O–H groups in total. The second kappa shape index (κ2) is 15.7. The van der Waals surface area contributed by atoms with Crippen molar-refractivity contribution >= 4 is 43.6 Å². The Morgan fingerprint density at radius 1 is 1.33 bits per heavy atom. The Balaban J connectivity index is 0.00000125. The topological polar surface area (TPSA) is 63.4 Å². The Hall–Kier alpha value is -1.08. The van der Waals surface area contributed by atoms with Crippen LogP contribution in [0.15, 0.2) is 48.1 Å². The Kier molecular flexibility index (Phi) is 15.1. The highest BCUT2D eigenvalue weighted by Crippen LogP contribution is 2.38. The Bertz CT molecular complexity index is 782. The number of benzene rings is 1. The second-order valence-electron chi connectivity index (χ2n) is 6.72. The van der Waals surface area contributed by atoms with Crippen LogP contribution in [-0.4, -0.2) is 32.1 Å². The number of hydrogen-bond donors (Lipinski definition) is 1. The Labute approximate surface area is 197 Å². The zero-order valence-corrected chi connectivity index (χ0v) is 21.7. The molecule has 0 radical (unpaired) electrons. The van der Waals surface area contributed by atoms with Gasteiger partial charge < -0.3 is 5.73 Å². The van der Waals surface area contributed by atoms with E-state index >= 15 is 0 Å². The zero-order valence-electron chi connectivity index (χ0n) is 18.5. The molecule has 30 heavy (non-hydrogen) atoms. The van der Waals surface area contributed by atoms with E-state index in [-0.39, 0.29) is 0 Å². The Morgan fingerprint density at radius 3 is 2.33 bits per heavy atom. The first kappa shape index (κ1) is 28.9. The van der Waals surface area contributed by atoms with Crippen LogP contribution in [0.5, 0.6) is 0 Å². The summed E-state index contributed by atoms with van der Waals surface area (Å²) in [5.74, 6) is 0.754. The summed E-state index contributed by atoms with van der Waals surface area (Å²) in [5, 5.41) is 0.712. The number of nitrogens with zero attached hydrogens (tertiary/aromatic N) is 1. The fourth-order valence-corrected chi connectivity index (χ4v) is 4.80. The molecule has 1 atom stereocenters. The van der Waals surface area contributed by atoms with Crippen molar-refractivity contribution in [2.24, 2.45) is 11.7 Å². The standard InChI is InChI=1S/C18H23BrClNO2S.C3H7N.C2H6/c1-3-4-17(14-8-11-21(12-9-14)24(2,22)23)18-6-5-16(20)13-15(18)7-10-19;1-2-3-4;1-2/h3,5-7,10,13-14,17H,1,4,8-9,11-12H2,2H3;2-3H,4H2,1H3;1-2H3/b10-7+;3-2-;. The Morgan fingerprint density at radius 2 is 1.90 bits per heavy atom. The van der Waals surface area contributed by atoms with Crippen LogP contribution in [0, 0.1) is 5.92 Å². The fourth-order valence-electron chi connectivity index (χ4n) is 3.46. The molecule has 2 rings (SSSR count). The van der Waals surface area contributed by atoms with Crippen molar-refractivity contribution in [2.45, 2.75) is 46.0 Å². The van der Waals surface area contributed by atoms with Crippen LogP contribution in [0.4, 0.5) is 0 Å². The van der Waals surface area contributed by atoms with E-state index in [1.54, 1.807) is 10.4 Å². The third-order valence-corrected chi connectivity index (χ3v) is 6.64. The molecule has 7 heteroatoms. The summed E-state index contributed by atoms with van der Waals surface area (Å²) < 4.78 is 25.0. The lowest BCUT2D eigenvalue weighted by molar-refractivity contribution is 0.244. The number of halogens is 2. The van der Waals surface area contributed by atoms with Gasteiger partial charge in [0.1, 0.15) is 0 Å². The summed E-state index contributed by atoms with van der Waals surface area (Å²) in [6.45, 7) is 11.0. The molecular formula is C23H36BrClN2O2S. The van der Waals surface area contributed by atoms with Gasteiger partial charge in [-0.15, -0.1) is 6.58 Å². The molecule has 1 aromatic rings. The largest absolute Gasteiger partial charge is 0.405 e. The molecule has 0 bridgehead atoms. The normalized spacial score (nSPS) is 16.5. The molecule has 1 unspecified atom stereocenters. The van der Waals surface area contributed by atoms with Gasteiger partial charge in [-0.05, 0) is 78.5 Å². The average molecular weight is 520 g/mol. The maximum absolute atomic E-state index is 11.7. The SMILES string of the molecule is C/C=C\N.C=CCC(c1ccc(Cl)cc1/C=C/Br)C1CCN(S(C)(=O)=O)CC1.CC. The number of nitrogens with two attached hydrogens (primary N) is 1. The molecule has 1 fully saturated rings. The van der Waals surface area contributed by atoms with Gasteiger partial charge in [0.2, 0.25) is 10.0 Å². The van der Waals surface area contributed by atoms with Gasteiger partial charge in [0, 0.05) is 18.1 Å². The van der Waals surface area contributed by atoms with E-state index in [2.05, 4.69) is 28.6 Å². The van der Waals surface area contributed by atoms with E-state index in [1.807, 2.05) is 50.0 Å². The molecule has 1 saturated heterocycles. The predicted molar refractivity (Wildman–Crippen MR) is 136 cm³/mol. The molecular weight excluding hydrogens is 484 g/mol. The number of rotatable bonds is 6. The van der Waals surface area contributed by atoms with E-state index in [1.165, 1.54) is 18.0 Å². The first-order valence-electron chi connectivity index (χ1n) is 10.2. The van der Waals surface area contributed by atoms with Gasteiger partial charge in [-0.1, -0.05) is 59.6 Å². The van der Waals surface area contributed by atoms with Crippen molar-refractivity contribution < 1.29 is 8.42 Å². The molecule has 1 heterocycles. The monoisotopic (exact) mass is 518 g/mol. The molecule has 4 nitrogen and oxygen atoms in total. The highest BCUT2D eigenvalue weighted by Gasteiger charge is 2.30. The van der Waals surface area contributed by atoms with Gasteiger partial charge in [0.05, 0.1) is 6.26 Å². The van der Waals surface area contributed by atoms with Crippen molar-refractivity contribution in [3.63, 3.8) is 0 Å². The van der Waals surface area contributed by atoms with Gasteiger partial charge in [-0.2, -0.15) is 0 Å². The summed E-state index contributed by atoms with van der Waals surface area (Å²) in [6.07, 6.45) is 11.1. The highest BCUT2D eigenvalue weighted by atomic mass is 79.9. The second-order valence-corrected chi connectivity index (χ2v) is 9.67. The van der Waals surface area contributed by atoms with Gasteiger partial charge >= 0.3 is 0 Å². The van der Waals surface area contributed by atoms with Crippen molar-refractivity contribution in [3.05, 3.63) is 64.3 Å². The molecule has 0 aliphatic carbocycles. The van der Waals surface area contributed by atoms with E-state index < -0.39 is 10.0 Å². The molecule has 1 aliphatic rings. The van der Waals surface area contributed by atoms with E-state index in [4.69, 9.17) is 17.3 Å². The van der Waals surface area contributed by atoms with Gasteiger partial charge in [0.25, 0.3) is 0 Å². The first-order chi connectivity index (χ1) is 14.3. The van der Waals surface area contributed by atoms with Crippen LogP contribution in [-0.2, 0) is 10.0 Å². The number of hydrogen-bond acceptors (Lipinski definition) is 3. The summed E-state index contributed by atoms with van der Waals surface area (Å²) >= 11 is 9.49. The number of sulfonamides is 1. The van der Waals surface area contributed by atoms with Crippen LogP contribution in [0.2, 0.25) is 5.02 Å². The van der Waals surface area contributed by atoms with Crippen LogP contribution in [0.1, 0.15) is 57.1 Å². The quantitative estimate of drug-likeness (QED) is 0.434. The van der Waals surface area contributed by atoms with Crippen LogP contribution < -0.4 is 5.73 Å². The minimum atomic E-state index is -3.10. The van der Waals surface area contributed by atoms with Crippen LogP contribution in [0.3, 0.4) is 0 Å². The summed E-state index contributed by atoms with van der Waals surface area (Å²) in [5.41, 5.74) is 7.18. The van der Waals surface area contributed by atoms with Crippen LogP contribution in [0.25, 0.3) is 6.08 Å². The smallest absolute Gasteiger partial charge is 0.211 e. The summed E-state index contributed by atoms with van der Waals surface area (Å²) in [6, 6.07) is 5.97. The fraction of sp³-hybridized carbons (Fsp3) is 0.478. The third-order valence-electron chi connectivity index (χ3n) is 4.84. The lowest BCUT2D eigenvalue weighted by Gasteiger charge is -2.35. The highest BCUT2D eigenvalue weighted by molar-refractivity contribution is 9.11. The number of allylic oxidation sites excluding steroid dienone is 2. The van der Waals surface area contributed by atoms with Crippen molar-refractivity contribution in [1.82, 2.24) is 4.31 Å². The maximum atomic E-state index is 11.7. The lowest BCUT2D eigenvalue weighted by Crippen LogP contribution is -2.39. The minimum Gasteiger partial charge on any atom is -0.405 e. The van der Waals surface area contributed by atoms with Crippen molar-refractivity contribution in [2.75, 3.05) is 19.3 Å². The molecule has 0 aromatic heterocycles. The average Bonchev–Trinajstić information content (AvgIpc) is 2.74. The molecule has 1 aromatic carbocycles. The zero-order chi connectivity index (χ0) is 23.2. The first-order valence-corrected chi connectivity index (χ1v) is 13.4. The molecule has 0 saturated carbocycles. The molecule has 1 aliphatic heterocycles. The minimum absolute atomic E-state index is 0.320. The van der Waals surface area contributed by atoms with Crippen molar-refractivity contribution in [3.8, 4) is 0 Å². The third kappa shape index (κ3) is 9.82. The van der Waals surface area contributed by atoms with Gasteiger partial charge in [0.15, 0.2) is 0 Å². The van der Waals surface area contributed by atoms with E-state index in [0.717, 1.165) is 24.8 Å². The summed E-state index contributed by atoms with van der Waals surface area (Å²) in [7, 11) is -3.10. The predicted octanol–water partition coefficient (Wildman–Crippen LogP) is 6.54. The molecule has 0 spiro atoms. The molecule has 0 amide bonds. The van der Waals surface area contributed by atoms with E-state index in [0.29, 0.717) is 29.9 Å². The van der Waals surface area contributed by atoms with Crippen molar-refractivity contribution in [1.29, 1.82) is 0 Å². The number of piperidine rings is 1. The maximum Gasteiger partial charge on any atom is 0.211 e. The summed E-state index contributed by atoms with van der Waals surface area (Å²) in [4.78, 5) is 1.83. The molecule has 170 valence electrons.